The quantitative estimate of drug-likeness (QED) is 0.367. The van der Waals surface area contributed by atoms with Gasteiger partial charge in [0.25, 0.3) is 0 Å². The molecule has 1 aliphatic carbocycles. The largest absolute Gasteiger partial charge is 0.330 e. The van der Waals surface area contributed by atoms with Crippen molar-refractivity contribution in [2.45, 2.75) is 31.3 Å². The molecule has 2 atom stereocenters. The van der Waals surface area contributed by atoms with Crippen LogP contribution >= 0.6 is 0 Å². The Morgan fingerprint density at radius 1 is 0.923 bits per heavy atom. The van der Waals surface area contributed by atoms with Crippen LogP contribution in [0.15, 0.2) is 0 Å². The highest BCUT2D eigenvalue weighted by Crippen LogP contribution is 2.20. The third-order valence-electron chi connectivity index (χ3n) is 2.37. The first kappa shape index (κ1) is 10.9. The molecule has 0 saturated heterocycles. The van der Waals surface area contributed by atoms with Gasteiger partial charge in [-0.2, -0.15) is 0 Å². The van der Waals surface area contributed by atoms with Gasteiger partial charge in [0.05, 0.1) is 0 Å². The summed E-state index contributed by atoms with van der Waals surface area (Å²) < 4.78 is 0. The standard InChI is InChI=1S/C9H22N4/c10-3-1-5-12-8-7-9(8)13-6-2-4-11/h8-9,12-13H,1-7,10-11H2. The lowest BCUT2D eigenvalue weighted by Gasteiger charge is -2.04. The highest BCUT2D eigenvalue weighted by molar-refractivity contribution is 4.99. The van der Waals surface area contributed by atoms with E-state index in [9.17, 15) is 0 Å². The van der Waals surface area contributed by atoms with Crippen molar-refractivity contribution in [3.63, 3.8) is 0 Å². The van der Waals surface area contributed by atoms with Gasteiger partial charge in [0.15, 0.2) is 0 Å². The first-order valence-corrected chi connectivity index (χ1v) is 5.25. The summed E-state index contributed by atoms with van der Waals surface area (Å²) in [7, 11) is 0. The highest BCUT2D eigenvalue weighted by atomic mass is 15.1. The molecular formula is C9H22N4. The maximum Gasteiger partial charge on any atom is 0.0237 e. The van der Waals surface area contributed by atoms with Gasteiger partial charge in [-0.05, 0) is 45.4 Å². The first-order valence-electron chi connectivity index (χ1n) is 5.25. The lowest BCUT2D eigenvalue weighted by atomic mass is 10.4. The van der Waals surface area contributed by atoms with Crippen LogP contribution in [0.25, 0.3) is 0 Å². The predicted octanol–water partition coefficient (Wildman–Crippen LogP) is -0.996. The second kappa shape index (κ2) is 6.32. The van der Waals surface area contributed by atoms with Gasteiger partial charge in [-0.25, -0.2) is 0 Å². The third-order valence-corrected chi connectivity index (χ3v) is 2.37. The highest BCUT2D eigenvalue weighted by Gasteiger charge is 2.35. The summed E-state index contributed by atoms with van der Waals surface area (Å²) in [6.45, 7) is 3.67. The summed E-state index contributed by atoms with van der Waals surface area (Å²) in [5, 5.41) is 6.92. The van der Waals surface area contributed by atoms with E-state index >= 15 is 0 Å². The van der Waals surface area contributed by atoms with E-state index in [0.29, 0.717) is 12.1 Å². The second-order valence-electron chi connectivity index (χ2n) is 3.64. The van der Waals surface area contributed by atoms with E-state index in [1.807, 2.05) is 0 Å². The normalized spacial score (nSPS) is 26.3. The molecule has 0 aromatic rings. The van der Waals surface area contributed by atoms with Gasteiger partial charge in [-0.15, -0.1) is 0 Å². The van der Waals surface area contributed by atoms with Gasteiger partial charge in [-0.1, -0.05) is 0 Å². The molecule has 0 radical (unpaired) electrons. The van der Waals surface area contributed by atoms with Gasteiger partial charge in [-0.3, -0.25) is 0 Å². The van der Waals surface area contributed by atoms with Crippen LogP contribution in [0.1, 0.15) is 19.3 Å². The van der Waals surface area contributed by atoms with Crippen molar-refractivity contribution in [2.75, 3.05) is 26.2 Å². The van der Waals surface area contributed by atoms with Gasteiger partial charge in [0.1, 0.15) is 0 Å². The molecule has 1 aliphatic rings. The summed E-state index contributed by atoms with van der Waals surface area (Å²) >= 11 is 0. The Kier molecular flexibility index (Phi) is 5.31. The molecule has 0 heterocycles. The van der Waals surface area contributed by atoms with Gasteiger partial charge in [0, 0.05) is 12.1 Å². The fraction of sp³-hybridized carbons (Fsp3) is 1.00. The van der Waals surface area contributed by atoms with Crippen molar-refractivity contribution in [1.82, 2.24) is 10.6 Å². The zero-order valence-electron chi connectivity index (χ0n) is 8.26. The fourth-order valence-electron chi connectivity index (χ4n) is 1.43. The topological polar surface area (TPSA) is 76.1 Å². The zero-order valence-corrected chi connectivity index (χ0v) is 8.26. The molecule has 1 fully saturated rings. The molecule has 6 N–H and O–H groups in total. The third kappa shape index (κ3) is 4.57. The van der Waals surface area contributed by atoms with E-state index in [2.05, 4.69) is 10.6 Å². The van der Waals surface area contributed by atoms with Crippen LogP contribution in [0, 0.1) is 0 Å². The molecule has 1 rings (SSSR count). The summed E-state index contributed by atoms with van der Waals surface area (Å²) in [5.74, 6) is 0. The minimum Gasteiger partial charge on any atom is -0.330 e. The van der Waals surface area contributed by atoms with Crippen molar-refractivity contribution >= 4 is 0 Å². The molecule has 0 aromatic heterocycles. The SMILES string of the molecule is NCCCNC1CC1NCCCN. The maximum atomic E-state index is 5.40. The van der Waals surface area contributed by atoms with Crippen molar-refractivity contribution < 1.29 is 0 Å². The predicted molar refractivity (Wildman–Crippen MR) is 55.5 cm³/mol. The molecule has 0 aliphatic heterocycles. The molecule has 0 aromatic carbocycles. The van der Waals surface area contributed by atoms with E-state index in [1.54, 1.807) is 0 Å². The Morgan fingerprint density at radius 2 is 1.38 bits per heavy atom. The van der Waals surface area contributed by atoms with Crippen LogP contribution in [0.5, 0.6) is 0 Å². The van der Waals surface area contributed by atoms with E-state index in [0.717, 1.165) is 39.0 Å². The Labute approximate surface area is 80.4 Å². The lowest BCUT2D eigenvalue weighted by Crippen LogP contribution is -2.29. The molecule has 4 heteroatoms. The van der Waals surface area contributed by atoms with E-state index in [-0.39, 0.29) is 0 Å². The molecule has 13 heavy (non-hydrogen) atoms. The minimum atomic E-state index is 0.685. The Balaban J connectivity index is 1.85. The number of nitrogens with one attached hydrogen (secondary N) is 2. The number of hydrogen-bond acceptors (Lipinski definition) is 4. The van der Waals surface area contributed by atoms with Crippen LogP contribution in [0.2, 0.25) is 0 Å². The van der Waals surface area contributed by atoms with Gasteiger partial charge in [0.2, 0.25) is 0 Å². The van der Waals surface area contributed by atoms with Crippen molar-refractivity contribution in [2.24, 2.45) is 11.5 Å². The molecule has 0 amide bonds. The zero-order chi connectivity index (χ0) is 9.52. The van der Waals surface area contributed by atoms with Gasteiger partial charge >= 0.3 is 0 Å². The molecule has 78 valence electrons. The van der Waals surface area contributed by atoms with Crippen LogP contribution in [-0.4, -0.2) is 38.3 Å². The van der Waals surface area contributed by atoms with Crippen LogP contribution < -0.4 is 22.1 Å². The molecule has 4 nitrogen and oxygen atoms in total. The monoisotopic (exact) mass is 186 g/mol. The lowest BCUT2D eigenvalue weighted by molar-refractivity contribution is 0.584. The Morgan fingerprint density at radius 3 is 1.77 bits per heavy atom. The number of rotatable bonds is 8. The fourth-order valence-corrected chi connectivity index (χ4v) is 1.43. The average molecular weight is 186 g/mol. The first-order chi connectivity index (χ1) is 6.38. The summed E-state index contributed by atoms with van der Waals surface area (Å²) in [5.41, 5.74) is 10.8. The van der Waals surface area contributed by atoms with E-state index in [1.165, 1.54) is 6.42 Å². The molecule has 0 spiro atoms. The smallest absolute Gasteiger partial charge is 0.0237 e. The van der Waals surface area contributed by atoms with E-state index in [4.69, 9.17) is 11.5 Å². The molecule has 0 bridgehead atoms. The minimum absolute atomic E-state index is 0.685. The van der Waals surface area contributed by atoms with Crippen molar-refractivity contribution in [3.8, 4) is 0 Å². The van der Waals surface area contributed by atoms with Crippen molar-refractivity contribution in [3.05, 3.63) is 0 Å². The van der Waals surface area contributed by atoms with E-state index < -0.39 is 0 Å². The Hall–Kier alpha value is -0.160. The van der Waals surface area contributed by atoms with Gasteiger partial charge < -0.3 is 22.1 Å². The summed E-state index contributed by atoms with van der Waals surface area (Å²) in [4.78, 5) is 0. The summed E-state index contributed by atoms with van der Waals surface area (Å²) in [6.07, 6.45) is 3.41. The molecule has 1 saturated carbocycles. The van der Waals surface area contributed by atoms with Crippen molar-refractivity contribution in [1.29, 1.82) is 0 Å². The van der Waals surface area contributed by atoms with Crippen LogP contribution in [0.3, 0.4) is 0 Å². The van der Waals surface area contributed by atoms with Crippen LogP contribution in [-0.2, 0) is 0 Å². The van der Waals surface area contributed by atoms with Crippen LogP contribution in [0.4, 0.5) is 0 Å². The second-order valence-corrected chi connectivity index (χ2v) is 3.64. The number of hydrogen-bond donors (Lipinski definition) is 4. The summed E-state index contributed by atoms with van der Waals surface area (Å²) in [6, 6.07) is 1.37. The molecule has 2 unspecified atom stereocenters. The molecular weight excluding hydrogens is 164 g/mol. The average Bonchev–Trinajstić information content (AvgIpc) is 2.85. The Bertz CT molecular complexity index is 115. The number of nitrogens with two attached hydrogens (primary N) is 2. The maximum absolute atomic E-state index is 5.40.